The number of carboxylic acids is 1. The van der Waals surface area contributed by atoms with E-state index in [1.165, 1.54) is 7.11 Å². The van der Waals surface area contributed by atoms with Crippen LogP contribution in [0.2, 0.25) is 0 Å². The second kappa shape index (κ2) is 9.94. The Labute approximate surface area is 160 Å². The largest absolute Gasteiger partial charge is 0.496 e. The third-order valence-electron chi connectivity index (χ3n) is 5.00. The molecule has 1 aromatic rings. The molecule has 3 N–H and O–H groups in total. The van der Waals surface area contributed by atoms with Gasteiger partial charge < -0.3 is 20.5 Å². The van der Waals surface area contributed by atoms with E-state index < -0.39 is 29.2 Å². The smallest absolute Gasteiger partial charge is 0.311 e. The molecular formula is C20H30N2O5. The summed E-state index contributed by atoms with van der Waals surface area (Å²) in [5.41, 5.74) is -0.676. The lowest BCUT2D eigenvalue weighted by molar-refractivity contribution is -0.149. The molecule has 7 heteroatoms. The summed E-state index contributed by atoms with van der Waals surface area (Å²) >= 11 is 0. The van der Waals surface area contributed by atoms with E-state index in [9.17, 15) is 19.5 Å². The number of hydrogen-bond donors (Lipinski definition) is 3. The Morgan fingerprint density at radius 1 is 1.15 bits per heavy atom. The van der Waals surface area contributed by atoms with Crippen molar-refractivity contribution in [1.82, 2.24) is 10.6 Å². The first-order valence-corrected chi connectivity index (χ1v) is 9.17. The molecule has 0 heterocycles. The molecule has 1 aromatic carbocycles. The molecule has 0 bridgehead atoms. The third kappa shape index (κ3) is 5.45. The van der Waals surface area contributed by atoms with Crippen molar-refractivity contribution in [3.05, 3.63) is 29.8 Å². The van der Waals surface area contributed by atoms with Gasteiger partial charge in [-0.05, 0) is 30.9 Å². The summed E-state index contributed by atoms with van der Waals surface area (Å²) in [5, 5.41) is 14.9. The van der Waals surface area contributed by atoms with Crippen molar-refractivity contribution < 1.29 is 24.2 Å². The monoisotopic (exact) mass is 378 g/mol. The van der Waals surface area contributed by atoms with Gasteiger partial charge in [-0.3, -0.25) is 14.4 Å². The lowest BCUT2D eigenvalue weighted by Crippen LogP contribution is -2.52. The summed E-state index contributed by atoms with van der Waals surface area (Å²) in [5.74, 6) is -1.52. The van der Waals surface area contributed by atoms with Gasteiger partial charge in [0, 0.05) is 6.54 Å². The number of hydrogen-bond acceptors (Lipinski definition) is 4. The summed E-state index contributed by atoms with van der Waals surface area (Å²) < 4.78 is 5.19. The predicted molar refractivity (Wildman–Crippen MR) is 103 cm³/mol. The molecule has 0 saturated heterocycles. The Kier molecular flexibility index (Phi) is 8.28. The summed E-state index contributed by atoms with van der Waals surface area (Å²) in [6.45, 7) is 7.22. The fraction of sp³-hybridized carbons (Fsp3) is 0.550. The molecular weight excluding hydrogens is 348 g/mol. The number of amides is 2. The maximum Gasteiger partial charge on any atom is 0.311 e. The average molecular weight is 378 g/mol. The number of aliphatic carboxylic acids is 1. The van der Waals surface area contributed by atoms with E-state index >= 15 is 0 Å². The van der Waals surface area contributed by atoms with E-state index in [-0.39, 0.29) is 12.5 Å². The molecule has 1 atom stereocenters. The maximum atomic E-state index is 12.7. The minimum atomic E-state index is -1.01. The van der Waals surface area contributed by atoms with Crippen LogP contribution in [0.4, 0.5) is 0 Å². The minimum Gasteiger partial charge on any atom is -0.496 e. The van der Waals surface area contributed by atoms with Crippen molar-refractivity contribution in [2.45, 2.75) is 46.6 Å². The number of rotatable bonds is 10. The first-order valence-electron chi connectivity index (χ1n) is 9.17. The van der Waals surface area contributed by atoms with Crippen LogP contribution in [0.1, 0.15) is 50.9 Å². The molecule has 0 aromatic heterocycles. The van der Waals surface area contributed by atoms with Gasteiger partial charge in [0.05, 0.1) is 18.1 Å². The Morgan fingerprint density at radius 2 is 1.74 bits per heavy atom. The summed E-state index contributed by atoms with van der Waals surface area (Å²) in [6.07, 6.45) is 0.804. The second-order valence-electron chi connectivity index (χ2n) is 6.91. The maximum absolute atomic E-state index is 12.7. The summed E-state index contributed by atoms with van der Waals surface area (Å²) in [7, 11) is 1.47. The first kappa shape index (κ1) is 22.5. The van der Waals surface area contributed by atoms with Crippen LogP contribution < -0.4 is 15.4 Å². The highest BCUT2D eigenvalue weighted by Crippen LogP contribution is 2.26. The van der Waals surface area contributed by atoms with Gasteiger partial charge in [-0.15, -0.1) is 0 Å². The van der Waals surface area contributed by atoms with E-state index in [4.69, 9.17) is 4.74 Å². The molecule has 0 aliphatic rings. The number of ether oxygens (including phenoxy) is 1. The average Bonchev–Trinajstić information content (AvgIpc) is 2.66. The van der Waals surface area contributed by atoms with Gasteiger partial charge in [0.2, 0.25) is 5.91 Å². The van der Waals surface area contributed by atoms with Crippen molar-refractivity contribution >= 4 is 17.8 Å². The van der Waals surface area contributed by atoms with Gasteiger partial charge in [0.15, 0.2) is 0 Å². The van der Waals surface area contributed by atoms with Crippen LogP contribution in [0.25, 0.3) is 0 Å². The Bertz CT molecular complexity index is 668. The van der Waals surface area contributed by atoms with E-state index in [1.807, 2.05) is 13.8 Å². The van der Waals surface area contributed by atoms with Crippen molar-refractivity contribution in [2.24, 2.45) is 11.3 Å². The zero-order chi connectivity index (χ0) is 20.6. The fourth-order valence-corrected chi connectivity index (χ4v) is 2.83. The van der Waals surface area contributed by atoms with Gasteiger partial charge in [-0.1, -0.05) is 39.8 Å². The molecule has 1 unspecified atom stereocenters. The van der Waals surface area contributed by atoms with Crippen LogP contribution >= 0.6 is 0 Å². The van der Waals surface area contributed by atoms with Crippen LogP contribution in [-0.2, 0) is 9.59 Å². The quantitative estimate of drug-likeness (QED) is 0.580. The van der Waals surface area contributed by atoms with Crippen molar-refractivity contribution in [1.29, 1.82) is 0 Å². The molecule has 0 saturated carbocycles. The van der Waals surface area contributed by atoms with Crippen LogP contribution in [0, 0.1) is 11.3 Å². The highest BCUT2D eigenvalue weighted by Gasteiger charge is 2.36. The van der Waals surface area contributed by atoms with Gasteiger partial charge in [-0.2, -0.15) is 0 Å². The minimum absolute atomic E-state index is 0.0158. The number of benzene rings is 1. The summed E-state index contributed by atoms with van der Waals surface area (Å²) in [6, 6.07) is 5.97. The van der Waals surface area contributed by atoms with Crippen molar-refractivity contribution in [2.75, 3.05) is 13.7 Å². The highest BCUT2D eigenvalue weighted by molar-refractivity contribution is 5.99. The molecule has 0 fully saturated rings. The van der Waals surface area contributed by atoms with Gasteiger partial charge >= 0.3 is 5.97 Å². The Hall–Kier alpha value is -2.57. The number of carbonyl (C=O) groups excluding carboxylic acids is 2. The number of methoxy groups -OCH3 is 1. The van der Waals surface area contributed by atoms with E-state index in [1.54, 1.807) is 38.1 Å². The first-order chi connectivity index (χ1) is 12.7. The standard InChI is InChI=1S/C20H30N2O5/c1-6-20(7-2,19(25)26)12-21-18(24)16(13(3)4)22-17(23)14-10-8-9-11-15(14)27-5/h8-11,13,16H,6-7,12H2,1-5H3,(H,21,24)(H,22,23)(H,25,26). The van der Waals surface area contributed by atoms with Crippen molar-refractivity contribution in [3.63, 3.8) is 0 Å². The number of nitrogens with one attached hydrogen (secondary N) is 2. The lowest BCUT2D eigenvalue weighted by Gasteiger charge is -2.29. The SMILES string of the molecule is CCC(CC)(CNC(=O)C(NC(=O)c1ccccc1OC)C(C)C)C(=O)O. The van der Waals surface area contributed by atoms with Gasteiger partial charge in [-0.25, -0.2) is 0 Å². The lowest BCUT2D eigenvalue weighted by atomic mass is 9.82. The molecule has 7 nitrogen and oxygen atoms in total. The van der Waals surface area contributed by atoms with Crippen LogP contribution in [0.3, 0.4) is 0 Å². The zero-order valence-electron chi connectivity index (χ0n) is 16.7. The number of carbonyl (C=O) groups is 3. The topological polar surface area (TPSA) is 105 Å². The summed E-state index contributed by atoms with van der Waals surface area (Å²) in [4.78, 5) is 36.9. The van der Waals surface area contributed by atoms with Crippen LogP contribution in [-0.4, -0.2) is 42.6 Å². The van der Waals surface area contributed by atoms with Crippen LogP contribution in [0.5, 0.6) is 5.75 Å². The molecule has 2 amide bonds. The molecule has 0 aliphatic heterocycles. The van der Waals surface area contributed by atoms with E-state index in [2.05, 4.69) is 10.6 Å². The third-order valence-corrected chi connectivity index (χ3v) is 5.00. The molecule has 0 spiro atoms. The highest BCUT2D eigenvalue weighted by atomic mass is 16.5. The Balaban J connectivity index is 2.90. The predicted octanol–water partition coefficient (Wildman–Crippen LogP) is 2.46. The van der Waals surface area contributed by atoms with Gasteiger partial charge in [0.1, 0.15) is 11.8 Å². The molecule has 150 valence electrons. The normalized spacial score (nSPS) is 12.4. The van der Waals surface area contributed by atoms with E-state index in [0.29, 0.717) is 24.2 Å². The molecule has 0 aliphatic carbocycles. The number of carboxylic acid groups (broad SMARTS) is 1. The molecule has 1 rings (SSSR count). The number of para-hydroxylation sites is 1. The Morgan fingerprint density at radius 3 is 2.22 bits per heavy atom. The van der Waals surface area contributed by atoms with Gasteiger partial charge in [0.25, 0.3) is 5.91 Å². The molecule has 27 heavy (non-hydrogen) atoms. The second-order valence-corrected chi connectivity index (χ2v) is 6.91. The zero-order valence-corrected chi connectivity index (χ0v) is 16.7. The fourth-order valence-electron chi connectivity index (χ4n) is 2.83. The van der Waals surface area contributed by atoms with E-state index in [0.717, 1.165) is 0 Å². The van der Waals surface area contributed by atoms with Crippen LogP contribution in [0.15, 0.2) is 24.3 Å². The van der Waals surface area contributed by atoms with Crippen molar-refractivity contribution in [3.8, 4) is 5.75 Å². The molecule has 0 radical (unpaired) electrons.